The maximum absolute atomic E-state index is 11.2. The first-order valence-corrected chi connectivity index (χ1v) is 6.52. The number of carboxylic acids is 1. The van der Waals surface area contributed by atoms with Gasteiger partial charge in [0.05, 0.1) is 4.88 Å². The van der Waals surface area contributed by atoms with E-state index in [0.29, 0.717) is 21.6 Å². The lowest BCUT2D eigenvalue weighted by Gasteiger charge is -2.24. The summed E-state index contributed by atoms with van der Waals surface area (Å²) in [5, 5.41) is 9.18. The first-order chi connectivity index (χ1) is 7.88. The van der Waals surface area contributed by atoms with Gasteiger partial charge in [-0.15, -0.1) is 11.3 Å². The number of aldehydes is 1. The molecule has 0 saturated heterocycles. The van der Waals surface area contributed by atoms with E-state index < -0.39 is 5.97 Å². The van der Waals surface area contributed by atoms with Gasteiger partial charge in [0.25, 0.3) is 0 Å². The van der Waals surface area contributed by atoms with E-state index >= 15 is 0 Å². The molecule has 1 heterocycles. The highest BCUT2D eigenvalue weighted by Gasteiger charge is 2.27. The second-order valence-corrected chi connectivity index (χ2v) is 5.95. The lowest BCUT2D eigenvalue weighted by Crippen LogP contribution is -2.15. The van der Waals surface area contributed by atoms with E-state index in [1.807, 2.05) is 0 Å². The van der Waals surface area contributed by atoms with Crippen molar-refractivity contribution in [1.29, 1.82) is 0 Å². The van der Waals surface area contributed by atoms with Gasteiger partial charge in [-0.1, -0.05) is 27.7 Å². The smallest absolute Gasteiger partial charge is 0.346 e. The molecule has 0 fully saturated rings. The molecule has 0 aliphatic heterocycles. The SMILES string of the molecule is CC(C)C(c1cc(C=O)sc1C(=O)O)C(C)C. The molecule has 1 N–H and O–H groups in total. The molecule has 0 spiro atoms. The van der Waals surface area contributed by atoms with Crippen LogP contribution in [-0.4, -0.2) is 17.4 Å². The molecule has 0 radical (unpaired) electrons. The van der Waals surface area contributed by atoms with Gasteiger partial charge in [-0.2, -0.15) is 0 Å². The molecule has 3 nitrogen and oxygen atoms in total. The lowest BCUT2D eigenvalue weighted by atomic mass is 9.80. The number of thiophene rings is 1. The molecule has 4 heteroatoms. The minimum Gasteiger partial charge on any atom is -0.477 e. The zero-order valence-electron chi connectivity index (χ0n) is 10.6. The van der Waals surface area contributed by atoms with Crippen molar-refractivity contribution in [3.8, 4) is 0 Å². The molecule has 0 aliphatic carbocycles. The molecule has 1 rings (SSSR count). The Bertz CT molecular complexity index is 410. The molecule has 0 atom stereocenters. The van der Waals surface area contributed by atoms with E-state index in [1.54, 1.807) is 6.07 Å². The van der Waals surface area contributed by atoms with Gasteiger partial charge in [0.2, 0.25) is 0 Å². The zero-order chi connectivity index (χ0) is 13.2. The van der Waals surface area contributed by atoms with Crippen LogP contribution in [0.5, 0.6) is 0 Å². The summed E-state index contributed by atoms with van der Waals surface area (Å²) in [4.78, 5) is 22.8. The third-order valence-corrected chi connectivity index (χ3v) is 3.95. The number of hydrogen-bond donors (Lipinski definition) is 1. The first-order valence-electron chi connectivity index (χ1n) is 5.70. The van der Waals surface area contributed by atoms with Crippen molar-refractivity contribution in [3.05, 3.63) is 21.4 Å². The summed E-state index contributed by atoms with van der Waals surface area (Å²) in [6.07, 6.45) is 0.721. The van der Waals surface area contributed by atoms with Crippen molar-refractivity contribution in [2.24, 2.45) is 11.8 Å². The molecule has 0 unspecified atom stereocenters. The summed E-state index contributed by atoms with van der Waals surface area (Å²) in [5.74, 6) is -0.0696. The first kappa shape index (κ1) is 13.9. The van der Waals surface area contributed by atoms with Crippen molar-refractivity contribution < 1.29 is 14.7 Å². The zero-order valence-corrected chi connectivity index (χ0v) is 11.4. The average Bonchev–Trinajstić information content (AvgIpc) is 2.60. The molecule has 0 amide bonds. The fourth-order valence-corrected chi connectivity index (χ4v) is 3.26. The predicted molar refractivity (Wildman–Crippen MR) is 69.1 cm³/mol. The molecular formula is C13H18O3S. The van der Waals surface area contributed by atoms with Crippen molar-refractivity contribution in [2.75, 3.05) is 0 Å². The Morgan fingerprint density at radius 1 is 1.29 bits per heavy atom. The van der Waals surface area contributed by atoms with E-state index in [1.165, 1.54) is 0 Å². The van der Waals surface area contributed by atoms with Crippen molar-refractivity contribution in [1.82, 2.24) is 0 Å². The Hall–Kier alpha value is -1.16. The average molecular weight is 254 g/mol. The molecule has 1 aromatic rings. The number of carbonyl (C=O) groups is 2. The number of rotatable bonds is 5. The van der Waals surface area contributed by atoms with Crippen LogP contribution in [0, 0.1) is 11.8 Å². The quantitative estimate of drug-likeness (QED) is 0.816. The van der Waals surface area contributed by atoms with Crippen LogP contribution in [0.1, 0.15) is 58.5 Å². The summed E-state index contributed by atoms with van der Waals surface area (Å²) in [6, 6.07) is 1.73. The predicted octanol–water partition coefficient (Wildman–Crippen LogP) is 3.65. The maximum Gasteiger partial charge on any atom is 0.346 e. The second kappa shape index (κ2) is 5.45. The third-order valence-electron chi connectivity index (χ3n) is 2.89. The highest BCUT2D eigenvalue weighted by atomic mass is 32.1. The van der Waals surface area contributed by atoms with Crippen LogP contribution in [-0.2, 0) is 0 Å². The maximum atomic E-state index is 11.2. The van der Waals surface area contributed by atoms with Crippen LogP contribution in [0.2, 0.25) is 0 Å². The fourth-order valence-electron chi connectivity index (χ4n) is 2.39. The third kappa shape index (κ3) is 2.94. The Kier molecular flexibility index (Phi) is 4.46. The van der Waals surface area contributed by atoms with Gasteiger partial charge in [0, 0.05) is 0 Å². The highest BCUT2D eigenvalue weighted by Crippen LogP contribution is 2.37. The Balaban J connectivity index is 3.30. The van der Waals surface area contributed by atoms with E-state index in [2.05, 4.69) is 27.7 Å². The topological polar surface area (TPSA) is 54.4 Å². The summed E-state index contributed by atoms with van der Waals surface area (Å²) >= 11 is 1.06. The monoisotopic (exact) mass is 254 g/mol. The van der Waals surface area contributed by atoms with Gasteiger partial charge in [-0.25, -0.2) is 4.79 Å². The summed E-state index contributed by atoms with van der Waals surface area (Å²) < 4.78 is 0. The lowest BCUT2D eigenvalue weighted by molar-refractivity contribution is 0.0700. The van der Waals surface area contributed by atoms with E-state index in [4.69, 9.17) is 0 Å². The molecule has 0 saturated carbocycles. The molecule has 0 bridgehead atoms. The molecular weight excluding hydrogens is 236 g/mol. The molecule has 0 aromatic carbocycles. The van der Waals surface area contributed by atoms with Crippen LogP contribution in [0.25, 0.3) is 0 Å². The van der Waals surface area contributed by atoms with Gasteiger partial charge in [-0.05, 0) is 29.4 Å². The van der Waals surface area contributed by atoms with Crippen molar-refractivity contribution >= 4 is 23.6 Å². The fraction of sp³-hybridized carbons (Fsp3) is 0.538. The number of carboxylic acid groups (broad SMARTS) is 1. The van der Waals surface area contributed by atoms with Crippen LogP contribution >= 0.6 is 11.3 Å². The van der Waals surface area contributed by atoms with Crippen LogP contribution in [0.15, 0.2) is 6.07 Å². The van der Waals surface area contributed by atoms with Crippen LogP contribution in [0.4, 0.5) is 0 Å². The van der Waals surface area contributed by atoms with Gasteiger partial charge >= 0.3 is 5.97 Å². The second-order valence-electron chi connectivity index (χ2n) is 4.87. The Morgan fingerprint density at radius 2 is 1.82 bits per heavy atom. The van der Waals surface area contributed by atoms with Crippen molar-refractivity contribution in [3.63, 3.8) is 0 Å². The highest BCUT2D eigenvalue weighted by molar-refractivity contribution is 7.15. The minimum absolute atomic E-state index is 0.172. The summed E-state index contributed by atoms with van der Waals surface area (Å²) in [5.41, 5.74) is 0.801. The summed E-state index contributed by atoms with van der Waals surface area (Å²) in [6.45, 7) is 8.31. The van der Waals surface area contributed by atoms with Crippen LogP contribution < -0.4 is 0 Å². The molecule has 94 valence electrons. The van der Waals surface area contributed by atoms with Gasteiger partial charge in [0.15, 0.2) is 6.29 Å². The van der Waals surface area contributed by atoms with Crippen LogP contribution in [0.3, 0.4) is 0 Å². The van der Waals surface area contributed by atoms with Crippen molar-refractivity contribution in [2.45, 2.75) is 33.6 Å². The Labute approximate surface area is 105 Å². The Morgan fingerprint density at radius 3 is 2.18 bits per heavy atom. The summed E-state index contributed by atoms with van der Waals surface area (Å²) in [7, 11) is 0. The normalized spacial score (nSPS) is 11.5. The van der Waals surface area contributed by atoms with E-state index in [0.717, 1.165) is 23.2 Å². The van der Waals surface area contributed by atoms with Gasteiger partial charge in [0.1, 0.15) is 4.88 Å². The van der Waals surface area contributed by atoms with Gasteiger partial charge < -0.3 is 5.11 Å². The molecule has 0 aliphatic rings. The number of hydrogen-bond acceptors (Lipinski definition) is 3. The standard InChI is InChI=1S/C13H18O3S/c1-7(2)11(8(3)4)10-5-9(6-14)17-12(10)13(15)16/h5-8,11H,1-4H3,(H,15,16). The van der Waals surface area contributed by atoms with Gasteiger partial charge in [-0.3, -0.25) is 4.79 Å². The molecule has 17 heavy (non-hydrogen) atoms. The molecule has 1 aromatic heterocycles. The number of aromatic carboxylic acids is 1. The number of carbonyl (C=O) groups excluding carboxylic acids is 1. The largest absolute Gasteiger partial charge is 0.477 e. The van der Waals surface area contributed by atoms with E-state index in [9.17, 15) is 14.7 Å². The van der Waals surface area contributed by atoms with E-state index in [-0.39, 0.29) is 5.92 Å². The minimum atomic E-state index is -0.940.